The van der Waals surface area contributed by atoms with Crippen molar-refractivity contribution in [1.82, 2.24) is 10.6 Å². The van der Waals surface area contributed by atoms with Crippen molar-refractivity contribution in [3.63, 3.8) is 0 Å². The highest BCUT2D eigenvalue weighted by atomic mass is 19.1. The van der Waals surface area contributed by atoms with Crippen LogP contribution in [-0.2, 0) is 0 Å². The van der Waals surface area contributed by atoms with E-state index in [0.29, 0.717) is 12.6 Å². The van der Waals surface area contributed by atoms with Crippen LogP contribution in [0.1, 0.15) is 37.0 Å². The zero-order valence-corrected chi connectivity index (χ0v) is 11.9. The SMILES string of the molecule is CCOc1c(F)cccc1C(=O)NC1CCNC(C)C1. The number of halogens is 1. The lowest BCUT2D eigenvalue weighted by Gasteiger charge is -2.28. The van der Waals surface area contributed by atoms with Gasteiger partial charge in [0.1, 0.15) is 0 Å². The van der Waals surface area contributed by atoms with E-state index in [2.05, 4.69) is 17.6 Å². The Bertz CT molecular complexity index is 479. The molecule has 1 heterocycles. The Morgan fingerprint density at radius 3 is 3.05 bits per heavy atom. The van der Waals surface area contributed by atoms with E-state index in [9.17, 15) is 9.18 Å². The van der Waals surface area contributed by atoms with E-state index >= 15 is 0 Å². The number of hydrogen-bond donors (Lipinski definition) is 2. The van der Waals surface area contributed by atoms with Crippen LogP contribution in [0.15, 0.2) is 18.2 Å². The summed E-state index contributed by atoms with van der Waals surface area (Å²) in [5.74, 6) is -0.736. The number of carbonyl (C=O) groups excluding carboxylic acids is 1. The highest BCUT2D eigenvalue weighted by Crippen LogP contribution is 2.23. The minimum Gasteiger partial charge on any atom is -0.490 e. The Balaban J connectivity index is 2.10. The summed E-state index contributed by atoms with van der Waals surface area (Å²) in [5, 5.41) is 6.30. The molecule has 1 aliphatic heterocycles. The molecule has 1 saturated heterocycles. The number of para-hydroxylation sites is 1. The number of hydrogen-bond acceptors (Lipinski definition) is 3. The molecule has 0 aromatic heterocycles. The molecule has 1 aromatic carbocycles. The number of nitrogens with one attached hydrogen (secondary N) is 2. The number of rotatable bonds is 4. The third-order valence-corrected chi connectivity index (χ3v) is 3.46. The molecule has 5 heteroatoms. The van der Waals surface area contributed by atoms with E-state index in [1.807, 2.05) is 0 Å². The van der Waals surface area contributed by atoms with Crippen molar-refractivity contribution in [3.8, 4) is 5.75 Å². The number of benzene rings is 1. The van der Waals surface area contributed by atoms with Gasteiger partial charge in [0.25, 0.3) is 5.91 Å². The molecule has 0 saturated carbocycles. The normalized spacial score (nSPS) is 22.4. The maximum Gasteiger partial charge on any atom is 0.255 e. The van der Waals surface area contributed by atoms with Gasteiger partial charge in [0.05, 0.1) is 12.2 Å². The van der Waals surface area contributed by atoms with Crippen LogP contribution < -0.4 is 15.4 Å². The fraction of sp³-hybridized carbons (Fsp3) is 0.533. The Hall–Kier alpha value is -1.62. The Labute approximate surface area is 118 Å². The molecular weight excluding hydrogens is 259 g/mol. The van der Waals surface area contributed by atoms with E-state index < -0.39 is 5.82 Å². The second-order valence-corrected chi connectivity index (χ2v) is 5.10. The molecule has 0 bridgehead atoms. The average molecular weight is 280 g/mol. The zero-order chi connectivity index (χ0) is 14.5. The smallest absolute Gasteiger partial charge is 0.255 e. The summed E-state index contributed by atoms with van der Waals surface area (Å²) in [6.07, 6.45) is 1.76. The Morgan fingerprint density at radius 2 is 2.35 bits per heavy atom. The van der Waals surface area contributed by atoms with Crippen molar-refractivity contribution in [2.45, 2.75) is 38.8 Å². The molecule has 4 nitrogen and oxygen atoms in total. The van der Waals surface area contributed by atoms with Crippen molar-refractivity contribution >= 4 is 5.91 Å². The standard InChI is InChI=1S/C15H21FN2O2/c1-3-20-14-12(5-4-6-13(14)16)15(19)18-11-7-8-17-10(2)9-11/h4-6,10-11,17H,3,7-9H2,1-2H3,(H,18,19). The molecule has 0 aliphatic carbocycles. The first-order valence-electron chi connectivity index (χ1n) is 7.07. The van der Waals surface area contributed by atoms with E-state index in [1.54, 1.807) is 13.0 Å². The number of carbonyl (C=O) groups is 1. The maximum atomic E-state index is 13.7. The van der Waals surface area contributed by atoms with Gasteiger partial charge in [-0.1, -0.05) is 6.07 Å². The number of ether oxygens (including phenoxy) is 1. The Morgan fingerprint density at radius 1 is 1.55 bits per heavy atom. The third-order valence-electron chi connectivity index (χ3n) is 3.46. The van der Waals surface area contributed by atoms with Crippen molar-refractivity contribution in [2.24, 2.45) is 0 Å². The van der Waals surface area contributed by atoms with Gasteiger partial charge in [0, 0.05) is 12.1 Å². The van der Waals surface area contributed by atoms with Gasteiger partial charge < -0.3 is 15.4 Å². The fourth-order valence-electron chi connectivity index (χ4n) is 2.50. The summed E-state index contributed by atoms with van der Waals surface area (Å²) in [7, 11) is 0. The third kappa shape index (κ3) is 3.48. The fourth-order valence-corrected chi connectivity index (χ4v) is 2.50. The number of amides is 1. The van der Waals surface area contributed by atoms with Gasteiger partial charge in [0.15, 0.2) is 11.6 Å². The van der Waals surface area contributed by atoms with E-state index in [-0.39, 0.29) is 23.3 Å². The van der Waals surface area contributed by atoms with Gasteiger partial charge in [0.2, 0.25) is 0 Å². The van der Waals surface area contributed by atoms with Gasteiger partial charge in [-0.25, -0.2) is 4.39 Å². The van der Waals surface area contributed by atoms with Crippen LogP contribution in [-0.4, -0.2) is 31.1 Å². The van der Waals surface area contributed by atoms with Crippen LogP contribution in [0.5, 0.6) is 5.75 Å². The first kappa shape index (κ1) is 14.8. The molecule has 2 unspecified atom stereocenters. The van der Waals surface area contributed by atoms with Gasteiger partial charge in [-0.05, 0) is 45.4 Å². The van der Waals surface area contributed by atoms with Crippen molar-refractivity contribution in [1.29, 1.82) is 0 Å². The van der Waals surface area contributed by atoms with Crippen LogP contribution in [0, 0.1) is 5.82 Å². The van der Waals surface area contributed by atoms with Crippen molar-refractivity contribution in [2.75, 3.05) is 13.2 Å². The molecule has 2 rings (SSSR count). The predicted octanol–water partition coefficient (Wildman–Crippen LogP) is 2.09. The van der Waals surface area contributed by atoms with Crippen LogP contribution >= 0.6 is 0 Å². The van der Waals surface area contributed by atoms with Gasteiger partial charge >= 0.3 is 0 Å². The maximum absolute atomic E-state index is 13.7. The van der Waals surface area contributed by atoms with Gasteiger partial charge in [-0.2, -0.15) is 0 Å². The number of piperidine rings is 1. The lowest BCUT2D eigenvalue weighted by Crippen LogP contribution is -2.46. The summed E-state index contributed by atoms with van der Waals surface area (Å²) in [6.45, 7) is 5.06. The summed E-state index contributed by atoms with van der Waals surface area (Å²) < 4.78 is 19.0. The second-order valence-electron chi connectivity index (χ2n) is 5.10. The van der Waals surface area contributed by atoms with Crippen LogP contribution in [0.25, 0.3) is 0 Å². The monoisotopic (exact) mass is 280 g/mol. The molecule has 2 atom stereocenters. The highest BCUT2D eigenvalue weighted by Gasteiger charge is 2.23. The predicted molar refractivity (Wildman–Crippen MR) is 75.5 cm³/mol. The van der Waals surface area contributed by atoms with E-state index in [0.717, 1.165) is 19.4 Å². The largest absolute Gasteiger partial charge is 0.490 e. The average Bonchev–Trinajstić information content (AvgIpc) is 2.41. The molecule has 1 amide bonds. The van der Waals surface area contributed by atoms with Crippen LogP contribution in [0.2, 0.25) is 0 Å². The second kappa shape index (κ2) is 6.70. The quantitative estimate of drug-likeness (QED) is 0.888. The zero-order valence-electron chi connectivity index (χ0n) is 11.9. The van der Waals surface area contributed by atoms with Crippen molar-refractivity contribution in [3.05, 3.63) is 29.6 Å². The molecule has 1 aliphatic rings. The van der Waals surface area contributed by atoms with Crippen molar-refractivity contribution < 1.29 is 13.9 Å². The summed E-state index contributed by atoms with van der Waals surface area (Å²) in [6, 6.07) is 4.92. The topological polar surface area (TPSA) is 50.4 Å². The lowest BCUT2D eigenvalue weighted by molar-refractivity contribution is 0.0921. The van der Waals surface area contributed by atoms with Gasteiger partial charge in [-0.15, -0.1) is 0 Å². The first-order valence-corrected chi connectivity index (χ1v) is 7.07. The Kier molecular flexibility index (Phi) is 4.95. The molecular formula is C15H21FN2O2. The molecule has 1 fully saturated rings. The van der Waals surface area contributed by atoms with E-state index in [1.165, 1.54) is 12.1 Å². The van der Waals surface area contributed by atoms with Gasteiger partial charge in [-0.3, -0.25) is 4.79 Å². The highest BCUT2D eigenvalue weighted by molar-refractivity contribution is 5.97. The van der Waals surface area contributed by atoms with Crippen LogP contribution in [0.4, 0.5) is 4.39 Å². The first-order chi connectivity index (χ1) is 9.61. The molecule has 1 aromatic rings. The lowest BCUT2D eigenvalue weighted by atomic mass is 10.00. The minimum atomic E-state index is -0.502. The molecule has 2 N–H and O–H groups in total. The molecule has 110 valence electrons. The molecule has 0 radical (unpaired) electrons. The summed E-state index contributed by atoms with van der Waals surface area (Å²) in [5.41, 5.74) is 0.262. The summed E-state index contributed by atoms with van der Waals surface area (Å²) in [4.78, 5) is 12.3. The van der Waals surface area contributed by atoms with E-state index in [4.69, 9.17) is 4.74 Å². The summed E-state index contributed by atoms with van der Waals surface area (Å²) >= 11 is 0. The molecule has 0 spiro atoms. The minimum absolute atomic E-state index is 0.0366. The molecule has 20 heavy (non-hydrogen) atoms. The van der Waals surface area contributed by atoms with Crippen LogP contribution in [0.3, 0.4) is 0 Å².